The molecule has 0 atom stereocenters. The summed E-state index contributed by atoms with van der Waals surface area (Å²) >= 11 is 1.59. The van der Waals surface area contributed by atoms with Gasteiger partial charge in [-0.15, -0.1) is 0 Å². The molecule has 0 radical (unpaired) electrons. The first-order chi connectivity index (χ1) is 7.11. The van der Waals surface area contributed by atoms with Crippen molar-refractivity contribution in [2.24, 2.45) is 0 Å². The van der Waals surface area contributed by atoms with Crippen LogP contribution in [0.4, 0.5) is 13.9 Å². The number of nitriles is 1. The van der Waals surface area contributed by atoms with Gasteiger partial charge in [0, 0.05) is 0 Å². The molecule has 0 saturated heterocycles. The van der Waals surface area contributed by atoms with Crippen molar-refractivity contribution >= 4 is 27.8 Å². The predicted molar refractivity (Wildman–Crippen MR) is 53.3 cm³/mol. The molecule has 0 aliphatic carbocycles. The highest BCUT2D eigenvalue weighted by atomic mass is 32.1. The van der Waals surface area contributed by atoms with Crippen LogP contribution in [0, 0.1) is 21.6 Å². The van der Waals surface area contributed by atoms with Gasteiger partial charge in [-0.3, -0.25) is 0 Å². The maximum Gasteiger partial charge on any atom is 0.198 e. The minimum absolute atomic E-state index is 0.169. The Bertz CT molecular complexity index is 457. The van der Waals surface area contributed by atoms with Crippen LogP contribution in [0.15, 0.2) is 12.4 Å². The highest BCUT2D eigenvalue weighted by Crippen LogP contribution is 2.10. The van der Waals surface area contributed by atoms with E-state index in [0.29, 0.717) is 0 Å². The van der Waals surface area contributed by atoms with Gasteiger partial charge in [-0.2, -0.15) is 14.0 Å². The lowest BCUT2D eigenvalue weighted by Crippen LogP contribution is -1.77. The molecule has 15 heavy (non-hydrogen) atoms. The normalized spacial score (nSPS) is 8.87. The van der Waals surface area contributed by atoms with Crippen LogP contribution in [0.25, 0.3) is 0 Å². The molecule has 2 heterocycles. The molecular weight excluding hydrogens is 242 g/mol. The topological polar surface area (TPSA) is 75.6 Å². The van der Waals surface area contributed by atoms with Crippen molar-refractivity contribution in [3.8, 4) is 6.07 Å². The van der Waals surface area contributed by atoms with Crippen molar-refractivity contribution in [3.63, 3.8) is 0 Å². The fraction of sp³-hybridized carbons (Fsp3) is 0. The zero-order valence-corrected chi connectivity index (χ0v) is 8.78. The molecule has 0 unspecified atom stereocenters. The van der Waals surface area contributed by atoms with E-state index in [1.165, 1.54) is 0 Å². The number of nitrogens with zero attached hydrogens (tertiary/aromatic N) is 3. The molecule has 2 aromatic heterocycles. The Morgan fingerprint density at radius 2 is 1.80 bits per heavy atom. The molecule has 0 fully saturated rings. The van der Waals surface area contributed by atoms with Gasteiger partial charge in [0.15, 0.2) is 20.4 Å². The van der Waals surface area contributed by atoms with Crippen LogP contribution < -0.4 is 5.73 Å². The van der Waals surface area contributed by atoms with Crippen molar-refractivity contribution < 1.29 is 8.78 Å². The third-order valence-electron chi connectivity index (χ3n) is 1.07. The quantitative estimate of drug-likeness (QED) is 0.771. The van der Waals surface area contributed by atoms with Gasteiger partial charge in [0.1, 0.15) is 6.07 Å². The second-order valence-corrected chi connectivity index (χ2v) is 4.08. The number of hydrogen-bond acceptors (Lipinski definition) is 6. The summed E-state index contributed by atoms with van der Waals surface area (Å²) in [6.07, 6.45) is 2.13. The Kier molecular flexibility index (Phi) is 4.08. The summed E-state index contributed by atoms with van der Waals surface area (Å²) < 4.78 is 23.7. The summed E-state index contributed by atoms with van der Waals surface area (Å²) in [5.41, 5.74) is 5.05. The smallest absolute Gasteiger partial charge is 0.198 e. The fourth-order valence-electron chi connectivity index (χ4n) is 0.573. The van der Waals surface area contributed by atoms with Gasteiger partial charge in [-0.05, 0) is 0 Å². The van der Waals surface area contributed by atoms with E-state index in [1.807, 2.05) is 0 Å². The fourth-order valence-corrected chi connectivity index (χ4v) is 1.42. The Balaban J connectivity index is 0.000000151. The van der Waals surface area contributed by atoms with Crippen LogP contribution in [0.2, 0.25) is 0 Å². The zero-order chi connectivity index (χ0) is 11.3. The Morgan fingerprint density at radius 1 is 1.20 bits per heavy atom. The Labute approximate surface area is 91.6 Å². The van der Waals surface area contributed by atoms with Crippen LogP contribution in [-0.4, -0.2) is 9.97 Å². The van der Waals surface area contributed by atoms with Crippen LogP contribution in [0.5, 0.6) is 0 Å². The van der Waals surface area contributed by atoms with Gasteiger partial charge < -0.3 is 5.73 Å². The standard InChI is InChI=1S/C4HFN2S.C3H3FN2S/c5-3-2-7-4(1-6)8-3;4-2-1-6-3(5)7-2/h2H;1H,(H2,5,6). The second-order valence-electron chi connectivity index (χ2n) is 2.08. The van der Waals surface area contributed by atoms with Crippen molar-refractivity contribution in [2.75, 3.05) is 5.73 Å². The van der Waals surface area contributed by atoms with E-state index >= 15 is 0 Å². The third kappa shape index (κ3) is 3.97. The monoisotopic (exact) mass is 246 g/mol. The van der Waals surface area contributed by atoms with Crippen molar-refractivity contribution in [1.82, 2.24) is 9.97 Å². The number of nitrogens with two attached hydrogens (primary N) is 1. The summed E-state index contributed by atoms with van der Waals surface area (Å²) in [6.45, 7) is 0. The number of anilines is 1. The molecule has 0 aliphatic rings. The van der Waals surface area contributed by atoms with E-state index in [2.05, 4.69) is 9.97 Å². The van der Waals surface area contributed by atoms with Gasteiger partial charge >= 0.3 is 0 Å². The Hall–Kier alpha value is -1.59. The molecule has 0 amide bonds. The molecule has 2 rings (SSSR count). The number of nitrogen functional groups attached to an aromatic ring is 1. The van der Waals surface area contributed by atoms with Crippen LogP contribution in [0.3, 0.4) is 0 Å². The average molecular weight is 246 g/mol. The zero-order valence-electron chi connectivity index (χ0n) is 7.15. The minimum Gasteiger partial charge on any atom is -0.375 e. The van der Waals surface area contributed by atoms with Crippen molar-refractivity contribution in [1.29, 1.82) is 5.26 Å². The van der Waals surface area contributed by atoms with Crippen LogP contribution >= 0.6 is 22.7 Å². The van der Waals surface area contributed by atoms with Crippen molar-refractivity contribution in [2.45, 2.75) is 0 Å². The highest BCUT2D eigenvalue weighted by molar-refractivity contribution is 7.13. The molecule has 0 aromatic carbocycles. The minimum atomic E-state index is -0.415. The van der Waals surface area contributed by atoms with E-state index in [9.17, 15) is 8.78 Å². The molecule has 78 valence electrons. The van der Waals surface area contributed by atoms with Gasteiger partial charge in [0.25, 0.3) is 0 Å². The highest BCUT2D eigenvalue weighted by Gasteiger charge is 1.95. The van der Waals surface area contributed by atoms with Gasteiger partial charge in [-0.1, -0.05) is 22.7 Å². The number of hydrogen-bond donors (Lipinski definition) is 1. The molecule has 4 nitrogen and oxygen atoms in total. The summed E-state index contributed by atoms with van der Waals surface area (Å²) in [7, 11) is 0. The maximum atomic E-state index is 11.9. The lowest BCUT2D eigenvalue weighted by atomic mass is 10.8. The first-order valence-corrected chi connectivity index (χ1v) is 5.13. The summed E-state index contributed by atoms with van der Waals surface area (Å²) in [6, 6.07) is 1.72. The molecular formula is C7H4F2N4S2. The van der Waals surface area contributed by atoms with Gasteiger partial charge in [0.2, 0.25) is 0 Å². The van der Waals surface area contributed by atoms with Crippen LogP contribution in [0.1, 0.15) is 5.01 Å². The number of halogens is 2. The largest absolute Gasteiger partial charge is 0.375 e. The third-order valence-corrected chi connectivity index (χ3v) is 2.37. The maximum absolute atomic E-state index is 11.9. The molecule has 0 spiro atoms. The second kappa shape index (κ2) is 5.33. The Morgan fingerprint density at radius 3 is 2.00 bits per heavy atom. The van der Waals surface area contributed by atoms with E-state index in [0.717, 1.165) is 35.1 Å². The molecule has 0 saturated carbocycles. The summed E-state index contributed by atoms with van der Waals surface area (Å²) in [4.78, 5) is 6.85. The summed E-state index contributed by atoms with van der Waals surface area (Å²) in [5, 5.41) is 7.78. The van der Waals surface area contributed by atoms with Gasteiger partial charge in [0.05, 0.1) is 12.4 Å². The number of rotatable bonds is 0. The molecule has 2 aromatic rings. The molecule has 0 aliphatic heterocycles. The lowest BCUT2D eigenvalue weighted by molar-refractivity contribution is 0.653. The lowest BCUT2D eigenvalue weighted by Gasteiger charge is -1.68. The van der Waals surface area contributed by atoms with Crippen LogP contribution in [-0.2, 0) is 0 Å². The number of thiazole rings is 2. The molecule has 8 heteroatoms. The SMILES string of the molecule is N#Cc1ncc(F)s1.Nc1ncc(F)s1. The number of aromatic nitrogens is 2. The molecule has 2 N–H and O–H groups in total. The van der Waals surface area contributed by atoms with E-state index in [1.54, 1.807) is 6.07 Å². The summed E-state index contributed by atoms with van der Waals surface area (Å²) in [5.74, 6) is 0. The predicted octanol–water partition coefficient (Wildman–Crippen LogP) is 2.02. The first-order valence-electron chi connectivity index (χ1n) is 3.50. The van der Waals surface area contributed by atoms with E-state index in [-0.39, 0.29) is 15.3 Å². The van der Waals surface area contributed by atoms with E-state index < -0.39 is 5.13 Å². The van der Waals surface area contributed by atoms with Gasteiger partial charge in [-0.25, -0.2) is 9.97 Å². The molecule has 0 bridgehead atoms. The van der Waals surface area contributed by atoms with Crippen molar-refractivity contribution in [3.05, 3.63) is 27.7 Å². The van der Waals surface area contributed by atoms with E-state index in [4.69, 9.17) is 11.0 Å². The first kappa shape index (κ1) is 11.5. The average Bonchev–Trinajstić information content (AvgIpc) is 2.76.